The molecule has 0 spiro atoms. The van der Waals surface area contributed by atoms with Crippen LogP contribution in [0.4, 0.5) is 5.88 Å². The molecule has 1 atom stereocenters. The molecule has 0 aliphatic carbocycles. The van der Waals surface area contributed by atoms with Gasteiger partial charge in [0.1, 0.15) is 24.2 Å². The molecule has 6 nitrogen and oxygen atoms in total. The number of furan rings is 1. The molecule has 0 fully saturated rings. The van der Waals surface area contributed by atoms with E-state index in [4.69, 9.17) is 13.6 Å². The lowest BCUT2D eigenvalue weighted by atomic mass is 10.1. The average Bonchev–Trinajstić information content (AvgIpc) is 3.42. The highest BCUT2D eigenvalue weighted by molar-refractivity contribution is 5.55. The van der Waals surface area contributed by atoms with Crippen LogP contribution in [0.3, 0.4) is 0 Å². The first-order valence-electron chi connectivity index (χ1n) is 10.0. The highest BCUT2D eigenvalue weighted by Crippen LogP contribution is 2.30. The van der Waals surface area contributed by atoms with Crippen LogP contribution in [0.25, 0.3) is 11.7 Å². The number of aromatic nitrogens is 1. The molecule has 0 amide bonds. The molecule has 2 aromatic carbocycles. The van der Waals surface area contributed by atoms with E-state index >= 15 is 0 Å². The second kappa shape index (κ2) is 8.80. The first kappa shape index (κ1) is 20.3. The number of nitriles is 1. The average molecular weight is 413 g/mol. The minimum Gasteiger partial charge on any atom is -0.486 e. The maximum Gasteiger partial charge on any atom is 0.266 e. The number of nitrogens with zero attached hydrogens (tertiary/aromatic N) is 2. The minimum absolute atomic E-state index is 0.0485. The first-order chi connectivity index (χ1) is 15.0. The maximum atomic E-state index is 9.46. The summed E-state index contributed by atoms with van der Waals surface area (Å²) in [6, 6.07) is 21.5. The van der Waals surface area contributed by atoms with Crippen LogP contribution in [0.15, 0.2) is 69.5 Å². The van der Waals surface area contributed by atoms with Crippen molar-refractivity contribution in [3.05, 3.63) is 88.8 Å². The molecule has 0 aliphatic rings. The van der Waals surface area contributed by atoms with Crippen molar-refractivity contribution in [3.63, 3.8) is 0 Å². The van der Waals surface area contributed by atoms with Crippen LogP contribution in [-0.4, -0.2) is 4.98 Å². The van der Waals surface area contributed by atoms with Gasteiger partial charge in [0.25, 0.3) is 5.89 Å². The van der Waals surface area contributed by atoms with E-state index in [1.54, 1.807) is 6.07 Å². The maximum absolute atomic E-state index is 9.46. The number of nitrogens with one attached hydrogen (secondary N) is 1. The largest absolute Gasteiger partial charge is 0.486 e. The summed E-state index contributed by atoms with van der Waals surface area (Å²) in [4.78, 5) is 4.27. The van der Waals surface area contributed by atoms with Gasteiger partial charge in [-0.05, 0) is 61.7 Å². The summed E-state index contributed by atoms with van der Waals surface area (Å²) < 4.78 is 17.5. The van der Waals surface area contributed by atoms with Gasteiger partial charge in [-0.3, -0.25) is 0 Å². The summed E-state index contributed by atoms with van der Waals surface area (Å²) in [5.41, 5.74) is 3.65. The van der Waals surface area contributed by atoms with Crippen molar-refractivity contribution in [2.45, 2.75) is 33.4 Å². The van der Waals surface area contributed by atoms with Crippen LogP contribution in [0.5, 0.6) is 5.75 Å². The lowest BCUT2D eigenvalue weighted by Gasteiger charge is -2.12. The lowest BCUT2D eigenvalue weighted by Crippen LogP contribution is -2.06. The Morgan fingerprint density at radius 2 is 1.84 bits per heavy atom. The second-order valence-corrected chi connectivity index (χ2v) is 7.39. The summed E-state index contributed by atoms with van der Waals surface area (Å²) in [6.07, 6.45) is 0. The molecule has 0 saturated heterocycles. The number of anilines is 1. The van der Waals surface area contributed by atoms with Crippen molar-refractivity contribution in [1.29, 1.82) is 5.26 Å². The number of rotatable bonds is 7. The molecular formula is C25H23N3O3. The number of benzene rings is 2. The second-order valence-electron chi connectivity index (χ2n) is 7.39. The molecule has 0 bridgehead atoms. The predicted octanol–water partition coefficient (Wildman–Crippen LogP) is 6.18. The number of hydrogen-bond donors (Lipinski definition) is 1. The zero-order valence-corrected chi connectivity index (χ0v) is 17.7. The van der Waals surface area contributed by atoms with Crippen molar-refractivity contribution in [3.8, 4) is 23.5 Å². The zero-order chi connectivity index (χ0) is 21.8. The van der Waals surface area contributed by atoms with E-state index in [1.807, 2.05) is 68.4 Å². The SMILES string of the molecule is Cc1ccc(OCc2ccc(-c3nc(C#N)c(N[C@H](C)c4ccccc4)o3)o2)cc1C. The fraction of sp³-hybridized carbons (Fsp3) is 0.200. The third kappa shape index (κ3) is 4.62. The fourth-order valence-electron chi connectivity index (χ4n) is 3.15. The summed E-state index contributed by atoms with van der Waals surface area (Å²) in [5.74, 6) is 2.42. The van der Waals surface area contributed by atoms with Crippen molar-refractivity contribution in [2.75, 3.05) is 5.32 Å². The molecule has 0 unspecified atom stereocenters. The van der Waals surface area contributed by atoms with Gasteiger partial charge in [-0.1, -0.05) is 36.4 Å². The van der Waals surface area contributed by atoms with E-state index in [0.29, 0.717) is 17.4 Å². The Hall–Kier alpha value is -3.98. The van der Waals surface area contributed by atoms with Gasteiger partial charge in [0.2, 0.25) is 11.6 Å². The van der Waals surface area contributed by atoms with Gasteiger partial charge < -0.3 is 18.9 Å². The number of ether oxygens (including phenoxy) is 1. The first-order valence-corrected chi connectivity index (χ1v) is 10.0. The Balaban J connectivity index is 1.47. The normalized spacial score (nSPS) is 11.7. The third-order valence-corrected chi connectivity index (χ3v) is 5.11. The monoisotopic (exact) mass is 413 g/mol. The number of hydrogen-bond acceptors (Lipinski definition) is 6. The number of oxazole rings is 1. The third-order valence-electron chi connectivity index (χ3n) is 5.11. The molecular weight excluding hydrogens is 390 g/mol. The number of aryl methyl sites for hydroxylation is 2. The van der Waals surface area contributed by atoms with E-state index in [-0.39, 0.29) is 24.2 Å². The van der Waals surface area contributed by atoms with Gasteiger partial charge in [-0.15, -0.1) is 0 Å². The highest BCUT2D eigenvalue weighted by Gasteiger charge is 2.19. The van der Waals surface area contributed by atoms with Gasteiger partial charge in [0.15, 0.2) is 5.76 Å². The molecule has 1 N–H and O–H groups in total. The Morgan fingerprint density at radius 1 is 1.03 bits per heavy atom. The van der Waals surface area contributed by atoms with Crippen molar-refractivity contribution >= 4 is 5.88 Å². The molecule has 4 aromatic rings. The van der Waals surface area contributed by atoms with E-state index in [1.165, 1.54) is 11.1 Å². The van der Waals surface area contributed by atoms with E-state index < -0.39 is 0 Å². The van der Waals surface area contributed by atoms with E-state index in [2.05, 4.69) is 23.3 Å². The Kier molecular flexibility index (Phi) is 5.76. The molecule has 2 aromatic heterocycles. The van der Waals surface area contributed by atoms with Crippen LogP contribution in [0.2, 0.25) is 0 Å². The van der Waals surface area contributed by atoms with Gasteiger partial charge in [-0.25, -0.2) is 0 Å². The Labute approximate surface area is 181 Å². The van der Waals surface area contributed by atoms with Crippen LogP contribution in [0.1, 0.15) is 41.1 Å². The molecule has 156 valence electrons. The quantitative estimate of drug-likeness (QED) is 0.390. The summed E-state index contributed by atoms with van der Waals surface area (Å²) >= 11 is 0. The molecule has 0 radical (unpaired) electrons. The van der Waals surface area contributed by atoms with Crippen LogP contribution >= 0.6 is 0 Å². The molecule has 6 heteroatoms. The minimum atomic E-state index is -0.0485. The van der Waals surface area contributed by atoms with Gasteiger partial charge in [-0.2, -0.15) is 10.2 Å². The summed E-state index contributed by atoms with van der Waals surface area (Å²) in [7, 11) is 0. The van der Waals surface area contributed by atoms with E-state index in [9.17, 15) is 5.26 Å². The summed E-state index contributed by atoms with van der Waals surface area (Å²) in [5, 5.41) is 12.7. The lowest BCUT2D eigenvalue weighted by molar-refractivity contribution is 0.271. The van der Waals surface area contributed by atoms with Gasteiger partial charge >= 0.3 is 0 Å². The fourth-order valence-corrected chi connectivity index (χ4v) is 3.15. The standard InChI is InChI=1S/C25H23N3O3/c1-16-9-10-20(13-17(16)2)29-15-21-11-12-23(30-21)25-28-22(14-26)24(31-25)27-18(3)19-7-5-4-6-8-19/h4-13,18,27H,15H2,1-3H3/t18-/m1/s1. The Bertz CT molecular complexity index is 1220. The highest BCUT2D eigenvalue weighted by atomic mass is 16.5. The molecule has 2 heterocycles. The van der Waals surface area contributed by atoms with E-state index in [0.717, 1.165) is 11.3 Å². The Morgan fingerprint density at radius 3 is 2.58 bits per heavy atom. The topological polar surface area (TPSA) is 84.2 Å². The molecule has 0 saturated carbocycles. The van der Waals surface area contributed by atoms with Crippen LogP contribution in [-0.2, 0) is 6.61 Å². The van der Waals surface area contributed by atoms with Gasteiger partial charge in [0, 0.05) is 0 Å². The molecule has 31 heavy (non-hydrogen) atoms. The van der Waals surface area contributed by atoms with Crippen LogP contribution < -0.4 is 10.1 Å². The molecule has 0 aliphatic heterocycles. The summed E-state index contributed by atoms with van der Waals surface area (Å²) in [6.45, 7) is 6.39. The predicted molar refractivity (Wildman–Crippen MR) is 118 cm³/mol. The van der Waals surface area contributed by atoms with Crippen molar-refractivity contribution in [1.82, 2.24) is 4.98 Å². The van der Waals surface area contributed by atoms with Crippen LogP contribution in [0, 0.1) is 25.2 Å². The molecule has 4 rings (SSSR count). The van der Waals surface area contributed by atoms with Crippen molar-refractivity contribution in [2.24, 2.45) is 0 Å². The zero-order valence-electron chi connectivity index (χ0n) is 17.7. The van der Waals surface area contributed by atoms with Gasteiger partial charge in [0.05, 0.1) is 6.04 Å². The van der Waals surface area contributed by atoms with Crippen molar-refractivity contribution < 1.29 is 13.6 Å². The smallest absolute Gasteiger partial charge is 0.266 e.